The predicted molar refractivity (Wildman–Crippen MR) is 55.1 cm³/mol. The van der Waals surface area contributed by atoms with E-state index >= 15 is 0 Å². The molecule has 2 rings (SSSR count). The summed E-state index contributed by atoms with van der Waals surface area (Å²) in [6.45, 7) is 1.80. The number of imidazole rings is 1. The van der Waals surface area contributed by atoms with Crippen LogP contribution in [0.2, 0.25) is 0 Å². The van der Waals surface area contributed by atoms with E-state index in [0.29, 0.717) is 23.3 Å². The number of hydrogen-bond acceptors (Lipinski definition) is 2. The Balaban J connectivity index is 2.39. The third kappa shape index (κ3) is 1.88. The Hall–Kier alpha value is -1.71. The molecule has 1 N–H and O–H groups in total. The number of carbonyl (C=O) groups excluding carboxylic acids is 1. The van der Waals surface area contributed by atoms with Crippen molar-refractivity contribution in [1.82, 2.24) is 9.97 Å². The van der Waals surface area contributed by atoms with Gasteiger partial charge in [0.1, 0.15) is 17.1 Å². The van der Waals surface area contributed by atoms with E-state index in [9.17, 15) is 9.18 Å². The average Bonchev–Trinajstić information content (AvgIpc) is 2.62. The van der Waals surface area contributed by atoms with Crippen molar-refractivity contribution in [2.24, 2.45) is 0 Å². The normalized spacial score (nSPS) is 10.8. The molecule has 2 aromatic rings. The van der Waals surface area contributed by atoms with Gasteiger partial charge < -0.3 is 4.98 Å². The molecule has 0 saturated heterocycles. The van der Waals surface area contributed by atoms with Crippen molar-refractivity contribution in [1.29, 1.82) is 0 Å². The van der Waals surface area contributed by atoms with E-state index in [1.807, 2.05) is 0 Å². The molecule has 0 bridgehead atoms. The van der Waals surface area contributed by atoms with Crippen LogP contribution in [0.5, 0.6) is 0 Å². The van der Waals surface area contributed by atoms with E-state index in [0.717, 1.165) is 0 Å². The minimum Gasteiger partial charge on any atom is -0.342 e. The number of hydrogen-bond donors (Lipinski definition) is 1. The molecule has 0 amide bonds. The van der Waals surface area contributed by atoms with Gasteiger partial charge in [0.05, 0.1) is 11.9 Å². The molecule has 0 aliphatic heterocycles. The second-order valence-electron chi connectivity index (χ2n) is 3.39. The van der Waals surface area contributed by atoms with E-state index in [2.05, 4.69) is 9.97 Å². The molecule has 1 aromatic carbocycles. The van der Waals surface area contributed by atoms with Crippen LogP contribution in [0.15, 0.2) is 18.2 Å². The number of rotatable bonds is 3. The summed E-state index contributed by atoms with van der Waals surface area (Å²) < 4.78 is 13.3. The molecule has 0 radical (unpaired) electrons. The van der Waals surface area contributed by atoms with Gasteiger partial charge in [-0.25, -0.2) is 9.37 Å². The zero-order valence-corrected chi connectivity index (χ0v) is 8.38. The van der Waals surface area contributed by atoms with E-state index in [1.54, 1.807) is 19.1 Å². The average molecular weight is 206 g/mol. The van der Waals surface area contributed by atoms with Crippen molar-refractivity contribution < 1.29 is 9.18 Å². The van der Waals surface area contributed by atoms with Crippen LogP contribution in [0.1, 0.15) is 19.2 Å². The maximum Gasteiger partial charge on any atom is 0.151 e. The van der Waals surface area contributed by atoms with Crippen LogP contribution in [-0.4, -0.2) is 15.8 Å². The van der Waals surface area contributed by atoms with Crippen LogP contribution in [0, 0.1) is 5.82 Å². The van der Waals surface area contributed by atoms with Gasteiger partial charge in [-0.1, -0.05) is 13.0 Å². The van der Waals surface area contributed by atoms with Crippen LogP contribution >= 0.6 is 0 Å². The van der Waals surface area contributed by atoms with Crippen LogP contribution in [-0.2, 0) is 11.2 Å². The van der Waals surface area contributed by atoms with Crippen molar-refractivity contribution in [2.45, 2.75) is 19.8 Å². The minimum atomic E-state index is -0.362. The van der Waals surface area contributed by atoms with E-state index in [4.69, 9.17) is 0 Å². The topological polar surface area (TPSA) is 45.8 Å². The highest BCUT2D eigenvalue weighted by molar-refractivity contribution is 5.82. The Morgan fingerprint density at radius 2 is 2.33 bits per heavy atom. The Morgan fingerprint density at radius 3 is 3.00 bits per heavy atom. The molecule has 1 heterocycles. The second kappa shape index (κ2) is 3.81. The molecule has 0 atom stereocenters. The fourth-order valence-corrected chi connectivity index (χ4v) is 1.44. The summed E-state index contributed by atoms with van der Waals surface area (Å²) in [6.07, 6.45) is 0.712. The summed E-state index contributed by atoms with van der Waals surface area (Å²) in [5.41, 5.74) is 0.935. The zero-order chi connectivity index (χ0) is 10.8. The number of Topliss-reactive ketones (excluding diaryl/α,β-unsaturated/α-hetero) is 1. The Labute approximate surface area is 86.3 Å². The third-order valence-corrected chi connectivity index (χ3v) is 2.27. The van der Waals surface area contributed by atoms with Gasteiger partial charge in [-0.2, -0.15) is 0 Å². The standard InChI is InChI=1S/C11H11FN2O/c1-2-7(15)6-10-13-9-5-3-4-8(12)11(9)14-10/h3-5H,2,6H2,1H3,(H,13,14). The number of carbonyl (C=O) groups is 1. The van der Waals surface area contributed by atoms with Crippen LogP contribution in [0.25, 0.3) is 11.0 Å². The molecule has 0 unspecified atom stereocenters. The highest BCUT2D eigenvalue weighted by atomic mass is 19.1. The van der Waals surface area contributed by atoms with Gasteiger partial charge in [0, 0.05) is 6.42 Å². The highest BCUT2D eigenvalue weighted by Gasteiger charge is 2.09. The molecular weight excluding hydrogens is 195 g/mol. The number of aromatic amines is 1. The largest absolute Gasteiger partial charge is 0.342 e. The minimum absolute atomic E-state index is 0.0921. The number of nitrogens with one attached hydrogen (secondary N) is 1. The lowest BCUT2D eigenvalue weighted by molar-refractivity contribution is -0.118. The lowest BCUT2D eigenvalue weighted by atomic mass is 10.2. The van der Waals surface area contributed by atoms with Crippen LogP contribution < -0.4 is 0 Å². The number of nitrogens with zero attached hydrogens (tertiary/aromatic N) is 1. The fourth-order valence-electron chi connectivity index (χ4n) is 1.44. The Bertz CT molecular complexity index is 504. The molecule has 0 aliphatic carbocycles. The molecular formula is C11H11FN2O. The number of aromatic nitrogens is 2. The first-order valence-corrected chi connectivity index (χ1v) is 4.85. The molecule has 0 spiro atoms. The van der Waals surface area contributed by atoms with Gasteiger partial charge in [-0.3, -0.25) is 4.79 Å². The van der Waals surface area contributed by atoms with Gasteiger partial charge in [-0.15, -0.1) is 0 Å². The molecule has 3 nitrogen and oxygen atoms in total. The van der Waals surface area contributed by atoms with Gasteiger partial charge in [-0.05, 0) is 12.1 Å². The first-order chi connectivity index (χ1) is 7.20. The summed E-state index contributed by atoms with van der Waals surface area (Å²) in [6, 6.07) is 4.71. The number of ketones is 1. The predicted octanol–water partition coefficient (Wildman–Crippen LogP) is 2.22. The molecule has 0 saturated carbocycles. The molecule has 78 valence electrons. The molecule has 0 fully saturated rings. The molecule has 1 aromatic heterocycles. The number of H-pyrrole nitrogens is 1. The quantitative estimate of drug-likeness (QED) is 0.836. The molecule has 0 aliphatic rings. The number of para-hydroxylation sites is 1. The smallest absolute Gasteiger partial charge is 0.151 e. The van der Waals surface area contributed by atoms with E-state index < -0.39 is 0 Å². The van der Waals surface area contributed by atoms with Gasteiger partial charge in [0.15, 0.2) is 5.82 Å². The van der Waals surface area contributed by atoms with Gasteiger partial charge in [0.25, 0.3) is 0 Å². The van der Waals surface area contributed by atoms with Gasteiger partial charge >= 0.3 is 0 Å². The maximum absolute atomic E-state index is 13.3. The van der Waals surface area contributed by atoms with Crippen molar-refractivity contribution in [3.8, 4) is 0 Å². The first kappa shape index (κ1) is 9.83. The first-order valence-electron chi connectivity index (χ1n) is 4.85. The number of fused-ring (bicyclic) bond motifs is 1. The summed E-state index contributed by atoms with van der Waals surface area (Å²) in [5.74, 6) is 0.260. The summed E-state index contributed by atoms with van der Waals surface area (Å²) in [7, 11) is 0. The highest BCUT2D eigenvalue weighted by Crippen LogP contribution is 2.15. The van der Waals surface area contributed by atoms with Crippen LogP contribution in [0.4, 0.5) is 4.39 Å². The lowest BCUT2D eigenvalue weighted by Gasteiger charge is -1.91. The number of halogens is 1. The monoisotopic (exact) mass is 206 g/mol. The number of benzene rings is 1. The van der Waals surface area contributed by atoms with Gasteiger partial charge in [0.2, 0.25) is 0 Å². The summed E-state index contributed by atoms with van der Waals surface area (Å²) in [4.78, 5) is 18.2. The van der Waals surface area contributed by atoms with Crippen molar-refractivity contribution in [2.75, 3.05) is 0 Å². The summed E-state index contributed by atoms with van der Waals surface area (Å²) in [5, 5.41) is 0. The second-order valence-corrected chi connectivity index (χ2v) is 3.39. The summed E-state index contributed by atoms with van der Waals surface area (Å²) >= 11 is 0. The fraction of sp³-hybridized carbons (Fsp3) is 0.273. The van der Waals surface area contributed by atoms with E-state index in [-0.39, 0.29) is 18.0 Å². The molecule has 4 heteroatoms. The van der Waals surface area contributed by atoms with Crippen molar-refractivity contribution in [3.63, 3.8) is 0 Å². The van der Waals surface area contributed by atoms with Crippen molar-refractivity contribution in [3.05, 3.63) is 29.8 Å². The maximum atomic E-state index is 13.3. The SMILES string of the molecule is CCC(=O)Cc1nc2c(F)cccc2[nH]1. The third-order valence-electron chi connectivity index (χ3n) is 2.27. The van der Waals surface area contributed by atoms with Crippen LogP contribution in [0.3, 0.4) is 0 Å². The Kier molecular flexibility index (Phi) is 2.49. The van der Waals surface area contributed by atoms with Crippen molar-refractivity contribution >= 4 is 16.8 Å². The molecule has 15 heavy (non-hydrogen) atoms. The van der Waals surface area contributed by atoms with E-state index in [1.165, 1.54) is 6.07 Å². The Morgan fingerprint density at radius 1 is 1.53 bits per heavy atom. The zero-order valence-electron chi connectivity index (χ0n) is 8.38. The lowest BCUT2D eigenvalue weighted by Crippen LogP contribution is -2.01.